The molecule has 1 aliphatic rings. The molecule has 9 rings (SSSR count). The fourth-order valence-electron chi connectivity index (χ4n) is 6.56. The summed E-state index contributed by atoms with van der Waals surface area (Å²) in [6, 6.07) is 49.1. The molecule has 0 N–H and O–H groups in total. The highest BCUT2D eigenvalue weighted by Crippen LogP contribution is 2.50. The summed E-state index contributed by atoms with van der Waals surface area (Å²) in [5.41, 5.74) is 8.14. The van der Waals surface area contributed by atoms with Gasteiger partial charge in [-0.1, -0.05) is 127 Å². The molecule has 3 nitrogen and oxygen atoms in total. The van der Waals surface area contributed by atoms with Crippen LogP contribution in [0.1, 0.15) is 0 Å². The Bertz CT molecular complexity index is 2280. The predicted octanol–water partition coefficient (Wildman–Crippen LogP) is 9.98. The quantitative estimate of drug-likeness (QED) is 0.212. The second-order valence-corrected chi connectivity index (χ2v) is 10.8. The second kappa shape index (κ2) is 8.92. The molecule has 194 valence electrons. The molecule has 0 aliphatic heterocycles. The molecule has 8 aromatic rings. The van der Waals surface area contributed by atoms with Crippen LogP contribution in [0.4, 0.5) is 0 Å². The van der Waals surface area contributed by atoms with E-state index in [1.165, 1.54) is 49.2 Å². The van der Waals surface area contributed by atoms with Crippen molar-refractivity contribution in [3.63, 3.8) is 0 Å². The summed E-state index contributed by atoms with van der Waals surface area (Å²) in [5.74, 6) is 2.01. The van der Waals surface area contributed by atoms with Gasteiger partial charge in [0.25, 0.3) is 0 Å². The van der Waals surface area contributed by atoms with Crippen molar-refractivity contribution in [1.29, 1.82) is 0 Å². The second-order valence-electron chi connectivity index (χ2n) is 10.8. The van der Waals surface area contributed by atoms with Crippen LogP contribution in [0, 0.1) is 0 Å². The third kappa shape index (κ3) is 3.37. The summed E-state index contributed by atoms with van der Waals surface area (Å²) in [5, 5.41) is 7.34. The van der Waals surface area contributed by atoms with Crippen molar-refractivity contribution in [2.75, 3.05) is 0 Å². The van der Waals surface area contributed by atoms with E-state index in [-0.39, 0.29) is 0 Å². The van der Waals surface area contributed by atoms with Crippen LogP contribution in [0.15, 0.2) is 140 Å². The Hall–Kier alpha value is -5.67. The van der Waals surface area contributed by atoms with Crippen molar-refractivity contribution in [1.82, 2.24) is 15.0 Å². The Morgan fingerprint density at radius 1 is 0.286 bits per heavy atom. The van der Waals surface area contributed by atoms with Crippen LogP contribution in [0.25, 0.3) is 88.7 Å². The highest BCUT2D eigenvalue weighted by molar-refractivity contribution is 6.28. The predicted molar refractivity (Wildman–Crippen MR) is 173 cm³/mol. The Balaban J connectivity index is 1.39. The van der Waals surface area contributed by atoms with E-state index >= 15 is 0 Å². The highest BCUT2D eigenvalue weighted by Gasteiger charge is 2.24. The fourth-order valence-corrected chi connectivity index (χ4v) is 6.56. The van der Waals surface area contributed by atoms with Gasteiger partial charge in [-0.15, -0.1) is 0 Å². The number of aromatic nitrogens is 3. The highest BCUT2D eigenvalue weighted by atomic mass is 15.0. The van der Waals surface area contributed by atoms with Crippen LogP contribution >= 0.6 is 0 Å². The van der Waals surface area contributed by atoms with Gasteiger partial charge >= 0.3 is 0 Å². The molecule has 0 atom stereocenters. The largest absolute Gasteiger partial charge is 0.208 e. The number of rotatable bonds is 3. The van der Waals surface area contributed by atoms with Gasteiger partial charge in [0.1, 0.15) is 0 Å². The van der Waals surface area contributed by atoms with Gasteiger partial charge in [-0.3, -0.25) is 0 Å². The molecule has 0 bridgehead atoms. The molecule has 0 saturated heterocycles. The summed E-state index contributed by atoms with van der Waals surface area (Å²) in [6.45, 7) is 0. The maximum Gasteiger partial charge on any atom is 0.164 e. The summed E-state index contributed by atoms with van der Waals surface area (Å²) in [4.78, 5) is 15.1. The van der Waals surface area contributed by atoms with Crippen LogP contribution in [0.2, 0.25) is 0 Å². The number of nitrogens with zero attached hydrogens (tertiary/aromatic N) is 3. The third-order valence-corrected chi connectivity index (χ3v) is 8.45. The standard InChI is InChI=1S/C39H23N3/c1-3-12-24(13-4-1)37-40-38(25-14-5-2-6-15-25)42-39(41-37)35-23-33-31-21-11-20-30-26-16-7-9-18-28(26)34(36(30)31)22-32(33)27-17-8-10-19-29(27)35/h1-23H. The fraction of sp³-hybridized carbons (Fsp3) is 0. The summed E-state index contributed by atoms with van der Waals surface area (Å²) in [7, 11) is 0. The van der Waals surface area contributed by atoms with E-state index in [9.17, 15) is 0 Å². The monoisotopic (exact) mass is 533 g/mol. The zero-order chi connectivity index (χ0) is 27.6. The molecule has 7 aromatic carbocycles. The first-order valence-corrected chi connectivity index (χ1v) is 14.2. The smallest absolute Gasteiger partial charge is 0.164 e. The van der Waals surface area contributed by atoms with Gasteiger partial charge in [0, 0.05) is 16.7 Å². The Labute approximate surface area is 242 Å². The van der Waals surface area contributed by atoms with E-state index in [4.69, 9.17) is 15.0 Å². The van der Waals surface area contributed by atoms with Crippen molar-refractivity contribution in [3.8, 4) is 56.4 Å². The van der Waals surface area contributed by atoms with Crippen LogP contribution in [-0.4, -0.2) is 15.0 Å². The Morgan fingerprint density at radius 2 is 0.762 bits per heavy atom. The molecular weight excluding hydrogens is 510 g/mol. The molecule has 0 fully saturated rings. The SMILES string of the molecule is c1ccc(-c2nc(-c3ccccc3)nc(-c3cc4c5cccc6c5c(cc4c4ccccc34)-c3ccccc3-6)n2)cc1. The van der Waals surface area contributed by atoms with Crippen LogP contribution < -0.4 is 0 Å². The molecule has 0 radical (unpaired) electrons. The lowest BCUT2D eigenvalue weighted by molar-refractivity contribution is 1.08. The molecule has 0 spiro atoms. The first-order chi connectivity index (χ1) is 20.8. The zero-order valence-corrected chi connectivity index (χ0v) is 22.6. The first-order valence-electron chi connectivity index (χ1n) is 14.2. The molecular formula is C39H23N3. The van der Waals surface area contributed by atoms with Crippen LogP contribution in [0.5, 0.6) is 0 Å². The lowest BCUT2D eigenvalue weighted by atomic mass is 9.90. The lowest BCUT2D eigenvalue weighted by Crippen LogP contribution is -2.00. The average molecular weight is 534 g/mol. The summed E-state index contributed by atoms with van der Waals surface area (Å²) < 4.78 is 0. The Morgan fingerprint density at radius 3 is 1.45 bits per heavy atom. The van der Waals surface area contributed by atoms with Crippen LogP contribution in [-0.2, 0) is 0 Å². The number of hydrogen-bond acceptors (Lipinski definition) is 3. The molecule has 0 unspecified atom stereocenters. The van der Waals surface area contributed by atoms with Gasteiger partial charge in [-0.05, 0) is 66.7 Å². The van der Waals surface area contributed by atoms with E-state index in [1.807, 2.05) is 36.4 Å². The van der Waals surface area contributed by atoms with Gasteiger partial charge in [-0.25, -0.2) is 15.0 Å². The van der Waals surface area contributed by atoms with Gasteiger partial charge in [0.2, 0.25) is 0 Å². The van der Waals surface area contributed by atoms with Gasteiger partial charge < -0.3 is 0 Å². The lowest BCUT2D eigenvalue weighted by Gasteiger charge is -2.15. The Kier molecular flexibility index (Phi) is 4.90. The summed E-state index contributed by atoms with van der Waals surface area (Å²) >= 11 is 0. The van der Waals surface area contributed by atoms with Crippen molar-refractivity contribution in [2.45, 2.75) is 0 Å². The first kappa shape index (κ1) is 23.1. The minimum atomic E-state index is 0.666. The maximum atomic E-state index is 5.09. The van der Waals surface area contributed by atoms with Gasteiger partial charge in [0.15, 0.2) is 17.5 Å². The van der Waals surface area contributed by atoms with E-state index in [1.54, 1.807) is 0 Å². The van der Waals surface area contributed by atoms with Crippen molar-refractivity contribution >= 4 is 32.3 Å². The summed E-state index contributed by atoms with van der Waals surface area (Å²) in [6.07, 6.45) is 0. The number of benzene rings is 7. The molecule has 0 saturated carbocycles. The average Bonchev–Trinajstić information content (AvgIpc) is 3.39. The minimum absolute atomic E-state index is 0.666. The minimum Gasteiger partial charge on any atom is -0.208 e. The van der Waals surface area contributed by atoms with E-state index in [0.29, 0.717) is 17.5 Å². The molecule has 1 heterocycles. The zero-order valence-electron chi connectivity index (χ0n) is 22.6. The molecule has 1 aliphatic carbocycles. The topological polar surface area (TPSA) is 38.7 Å². The third-order valence-electron chi connectivity index (χ3n) is 8.45. The number of hydrogen-bond donors (Lipinski definition) is 0. The van der Waals surface area contributed by atoms with Crippen molar-refractivity contribution in [3.05, 3.63) is 140 Å². The maximum absolute atomic E-state index is 5.09. The molecule has 1 aromatic heterocycles. The van der Waals surface area contributed by atoms with E-state index < -0.39 is 0 Å². The van der Waals surface area contributed by atoms with E-state index in [0.717, 1.165) is 22.1 Å². The molecule has 0 amide bonds. The molecule has 3 heteroatoms. The number of fused-ring (bicyclic) bond motifs is 7. The van der Waals surface area contributed by atoms with Gasteiger partial charge in [-0.2, -0.15) is 0 Å². The van der Waals surface area contributed by atoms with Crippen molar-refractivity contribution < 1.29 is 0 Å². The normalized spacial score (nSPS) is 11.8. The van der Waals surface area contributed by atoms with E-state index in [2.05, 4.69) is 103 Å². The van der Waals surface area contributed by atoms with Crippen molar-refractivity contribution in [2.24, 2.45) is 0 Å². The van der Waals surface area contributed by atoms with Crippen LogP contribution in [0.3, 0.4) is 0 Å². The molecule has 42 heavy (non-hydrogen) atoms. The van der Waals surface area contributed by atoms with Gasteiger partial charge in [0.05, 0.1) is 0 Å².